The van der Waals surface area contributed by atoms with Gasteiger partial charge in [-0.25, -0.2) is 4.98 Å². The Morgan fingerprint density at radius 1 is 1.07 bits per heavy atom. The maximum atomic E-state index is 12.9. The summed E-state index contributed by atoms with van der Waals surface area (Å²) in [4.78, 5) is 23.9. The summed E-state index contributed by atoms with van der Waals surface area (Å²) in [5.74, 6) is 2.02. The zero-order valence-corrected chi connectivity index (χ0v) is 16.5. The van der Waals surface area contributed by atoms with Gasteiger partial charge < -0.3 is 15.2 Å². The van der Waals surface area contributed by atoms with Crippen LogP contribution in [0, 0.1) is 5.92 Å². The van der Waals surface area contributed by atoms with Gasteiger partial charge in [0, 0.05) is 37.6 Å². The fraction of sp³-hybridized carbons (Fsp3) is 0.591. The first-order valence-corrected chi connectivity index (χ1v) is 10.7. The van der Waals surface area contributed by atoms with E-state index < -0.39 is 0 Å². The SMILES string of the molecule is N[C@H](C(=O)N1CCC(c2nccn2Cc2ccccn2)CC1)C1CCCCC1. The smallest absolute Gasteiger partial charge is 0.239 e. The summed E-state index contributed by atoms with van der Waals surface area (Å²) in [5.41, 5.74) is 7.38. The molecule has 1 atom stereocenters. The second kappa shape index (κ2) is 8.86. The predicted molar refractivity (Wildman–Crippen MR) is 109 cm³/mol. The number of likely N-dealkylation sites (tertiary alicyclic amines) is 1. The summed E-state index contributed by atoms with van der Waals surface area (Å²) in [6, 6.07) is 5.67. The van der Waals surface area contributed by atoms with Crippen molar-refractivity contribution in [3.63, 3.8) is 0 Å². The number of aromatic nitrogens is 3. The molecule has 150 valence electrons. The van der Waals surface area contributed by atoms with Crippen molar-refractivity contribution >= 4 is 5.91 Å². The van der Waals surface area contributed by atoms with E-state index in [1.807, 2.05) is 41.7 Å². The minimum absolute atomic E-state index is 0.155. The standard InChI is InChI=1S/C22H31N5O/c23-20(17-6-2-1-3-7-17)22(28)26-13-9-18(10-14-26)21-25-12-15-27(21)16-19-8-4-5-11-24-19/h4-5,8,11-12,15,17-18,20H,1-3,6-7,9-10,13-14,16,23H2/t20-/m0/s1. The molecule has 2 aliphatic rings. The largest absolute Gasteiger partial charge is 0.341 e. The van der Waals surface area contributed by atoms with Crippen LogP contribution in [0.25, 0.3) is 0 Å². The average molecular weight is 382 g/mol. The molecule has 0 bridgehead atoms. The molecule has 28 heavy (non-hydrogen) atoms. The minimum atomic E-state index is -0.317. The number of hydrogen-bond acceptors (Lipinski definition) is 4. The first-order chi connectivity index (χ1) is 13.7. The van der Waals surface area contributed by atoms with E-state index >= 15 is 0 Å². The Kier molecular flexibility index (Phi) is 6.05. The van der Waals surface area contributed by atoms with Crippen molar-refractivity contribution in [2.45, 2.75) is 63.5 Å². The van der Waals surface area contributed by atoms with Crippen LogP contribution in [0.4, 0.5) is 0 Å². The maximum absolute atomic E-state index is 12.9. The number of piperidine rings is 1. The summed E-state index contributed by atoms with van der Waals surface area (Å²) in [6.45, 7) is 2.29. The van der Waals surface area contributed by atoms with Crippen molar-refractivity contribution < 1.29 is 4.79 Å². The van der Waals surface area contributed by atoms with Crippen molar-refractivity contribution in [3.8, 4) is 0 Å². The van der Waals surface area contributed by atoms with Crippen molar-refractivity contribution in [2.75, 3.05) is 13.1 Å². The van der Waals surface area contributed by atoms with Gasteiger partial charge in [0.25, 0.3) is 0 Å². The molecule has 1 aliphatic carbocycles. The Labute approximate surface area is 167 Å². The van der Waals surface area contributed by atoms with Gasteiger partial charge in [0.05, 0.1) is 18.3 Å². The molecule has 2 aromatic rings. The molecule has 1 aliphatic heterocycles. The molecule has 6 heteroatoms. The number of rotatable bonds is 5. The van der Waals surface area contributed by atoms with E-state index in [0.29, 0.717) is 11.8 Å². The van der Waals surface area contributed by atoms with Gasteiger partial charge in [-0.1, -0.05) is 25.3 Å². The summed E-state index contributed by atoms with van der Waals surface area (Å²) in [6.07, 6.45) is 13.5. The molecule has 1 saturated carbocycles. The topological polar surface area (TPSA) is 77.0 Å². The number of nitrogens with zero attached hydrogens (tertiary/aromatic N) is 4. The van der Waals surface area contributed by atoms with Crippen LogP contribution in [-0.2, 0) is 11.3 Å². The van der Waals surface area contributed by atoms with E-state index in [0.717, 1.165) is 56.8 Å². The zero-order valence-electron chi connectivity index (χ0n) is 16.5. The zero-order chi connectivity index (χ0) is 19.3. The third-order valence-corrected chi connectivity index (χ3v) is 6.42. The lowest BCUT2D eigenvalue weighted by Crippen LogP contribution is -2.50. The van der Waals surface area contributed by atoms with Gasteiger partial charge in [0.15, 0.2) is 0 Å². The normalized spacial score (nSPS) is 20.2. The lowest BCUT2D eigenvalue weighted by atomic mass is 9.83. The van der Waals surface area contributed by atoms with Gasteiger partial charge >= 0.3 is 0 Å². The number of nitrogens with two attached hydrogens (primary N) is 1. The molecule has 0 radical (unpaired) electrons. The third-order valence-electron chi connectivity index (χ3n) is 6.42. The van der Waals surface area contributed by atoms with Crippen molar-refractivity contribution in [2.24, 2.45) is 11.7 Å². The van der Waals surface area contributed by atoms with Crippen LogP contribution >= 0.6 is 0 Å². The number of amides is 1. The van der Waals surface area contributed by atoms with E-state index in [4.69, 9.17) is 5.73 Å². The monoisotopic (exact) mass is 381 g/mol. The minimum Gasteiger partial charge on any atom is -0.341 e. The fourth-order valence-electron chi connectivity index (χ4n) is 4.74. The average Bonchev–Trinajstić information content (AvgIpc) is 3.22. The van der Waals surface area contributed by atoms with E-state index in [-0.39, 0.29) is 11.9 Å². The lowest BCUT2D eigenvalue weighted by molar-refractivity contribution is -0.135. The maximum Gasteiger partial charge on any atom is 0.239 e. The Balaban J connectivity index is 1.34. The molecule has 3 heterocycles. The van der Waals surface area contributed by atoms with E-state index in [1.54, 1.807) is 0 Å². The van der Waals surface area contributed by atoms with E-state index in [1.165, 1.54) is 19.3 Å². The number of carbonyl (C=O) groups is 1. The Hall–Kier alpha value is -2.21. The molecular weight excluding hydrogens is 350 g/mol. The van der Waals surface area contributed by atoms with Crippen LogP contribution in [0.3, 0.4) is 0 Å². The lowest BCUT2D eigenvalue weighted by Gasteiger charge is -2.36. The predicted octanol–water partition coefficient (Wildman–Crippen LogP) is 2.94. The van der Waals surface area contributed by atoms with Gasteiger partial charge in [-0.3, -0.25) is 9.78 Å². The Bertz CT molecular complexity index is 760. The van der Waals surface area contributed by atoms with E-state index in [2.05, 4.69) is 14.5 Å². The van der Waals surface area contributed by atoms with Crippen LogP contribution in [0.15, 0.2) is 36.8 Å². The quantitative estimate of drug-likeness (QED) is 0.864. The number of pyridine rings is 1. The summed E-state index contributed by atoms with van der Waals surface area (Å²) in [7, 11) is 0. The number of carbonyl (C=O) groups excluding carboxylic acids is 1. The highest BCUT2D eigenvalue weighted by atomic mass is 16.2. The summed E-state index contributed by atoms with van der Waals surface area (Å²) < 4.78 is 2.19. The molecule has 2 N–H and O–H groups in total. The Morgan fingerprint density at radius 3 is 2.57 bits per heavy atom. The molecule has 0 aromatic carbocycles. The van der Waals surface area contributed by atoms with Crippen LogP contribution < -0.4 is 5.73 Å². The molecule has 2 fully saturated rings. The molecule has 6 nitrogen and oxygen atoms in total. The Morgan fingerprint density at radius 2 is 1.86 bits per heavy atom. The van der Waals surface area contributed by atoms with Gasteiger partial charge in [-0.2, -0.15) is 0 Å². The van der Waals surface area contributed by atoms with Crippen LogP contribution in [0.5, 0.6) is 0 Å². The van der Waals surface area contributed by atoms with E-state index in [9.17, 15) is 4.79 Å². The van der Waals surface area contributed by atoms with Crippen LogP contribution in [0.2, 0.25) is 0 Å². The molecular formula is C22H31N5O. The summed E-state index contributed by atoms with van der Waals surface area (Å²) >= 11 is 0. The highest BCUT2D eigenvalue weighted by Crippen LogP contribution is 2.30. The molecule has 1 amide bonds. The van der Waals surface area contributed by atoms with Gasteiger partial charge in [0.2, 0.25) is 5.91 Å². The fourth-order valence-corrected chi connectivity index (χ4v) is 4.74. The van der Waals surface area contributed by atoms with Gasteiger partial charge in [0.1, 0.15) is 5.82 Å². The third kappa shape index (κ3) is 4.27. The molecule has 0 spiro atoms. The summed E-state index contributed by atoms with van der Waals surface area (Å²) in [5, 5.41) is 0. The highest BCUT2D eigenvalue weighted by Gasteiger charge is 2.32. The molecule has 1 saturated heterocycles. The van der Waals surface area contributed by atoms with Gasteiger partial charge in [-0.05, 0) is 43.7 Å². The number of imidazole rings is 1. The van der Waals surface area contributed by atoms with Crippen LogP contribution in [-0.4, -0.2) is 44.5 Å². The molecule has 0 unspecified atom stereocenters. The number of hydrogen-bond donors (Lipinski definition) is 1. The first-order valence-electron chi connectivity index (χ1n) is 10.7. The second-order valence-electron chi connectivity index (χ2n) is 8.26. The highest BCUT2D eigenvalue weighted by molar-refractivity contribution is 5.82. The van der Waals surface area contributed by atoms with Gasteiger partial charge in [-0.15, -0.1) is 0 Å². The van der Waals surface area contributed by atoms with Crippen molar-refractivity contribution in [1.82, 2.24) is 19.4 Å². The molecule has 4 rings (SSSR count). The van der Waals surface area contributed by atoms with Crippen LogP contribution in [0.1, 0.15) is 62.4 Å². The second-order valence-corrected chi connectivity index (χ2v) is 8.26. The first kappa shape index (κ1) is 19.1. The van der Waals surface area contributed by atoms with Crippen molar-refractivity contribution in [3.05, 3.63) is 48.3 Å². The molecule has 2 aromatic heterocycles. The van der Waals surface area contributed by atoms with Crippen molar-refractivity contribution in [1.29, 1.82) is 0 Å².